The van der Waals surface area contributed by atoms with Gasteiger partial charge in [0.25, 0.3) is 5.91 Å². The molecular weight excluding hydrogens is 264 g/mol. The summed E-state index contributed by atoms with van der Waals surface area (Å²) in [6.45, 7) is 5.13. The van der Waals surface area contributed by atoms with E-state index in [4.69, 9.17) is 10.5 Å². The zero-order valence-corrected chi connectivity index (χ0v) is 13.0. The third kappa shape index (κ3) is 3.97. The minimum absolute atomic E-state index is 0.405. The molecule has 2 unspecified atom stereocenters. The predicted molar refractivity (Wildman–Crippen MR) is 84.3 cm³/mol. The summed E-state index contributed by atoms with van der Waals surface area (Å²) in [5, 5.41) is 3.60. The van der Waals surface area contributed by atoms with E-state index >= 15 is 0 Å². The maximum Gasteiger partial charge on any atom is 0.258 e. The highest BCUT2D eigenvalue weighted by atomic mass is 16.5. The molecule has 0 saturated heterocycles. The molecule has 116 valence electrons. The number of hydrogen-bond donors (Lipinski definition) is 2. The molecule has 0 spiro atoms. The van der Waals surface area contributed by atoms with Crippen LogP contribution in [0.5, 0.6) is 5.75 Å². The Morgan fingerprint density at radius 1 is 1.48 bits per heavy atom. The number of hydrogen-bond acceptors (Lipinski definition) is 3. The van der Waals surface area contributed by atoms with Gasteiger partial charge in [-0.15, -0.1) is 0 Å². The van der Waals surface area contributed by atoms with Crippen molar-refractivity contribution in [3.8, 4) is 5.75 Å². The van der Waals surface area contributed by atoms with Crippen LogP contribution in [0.2, 0.25) is 0 Å². The fourth-order valence-electron chi connectivity index (χ4n) is 2.90. The molecule has 4 heteroatoms. The molecule has 1 amide bonds. The van der Waals surface area contributed by atoms with Crippen molar-refractivity contribution in [3.63, 3.8) is 0 Å². The topological polar surface area (TPSA) is 64.3 Å². The first kappa shape index (κ1) is 15.8. The van der Waals surface area contributed by atoms with E-state index in [1.165, 1.54) is 24.0 Å². The largest absolute Gasteiger partial charge is 0.481 e. The van der Waals surface area contributed by atoms with Gasteiger partial charge >= 0.3 is 0 Å². The van der Waals surface area contributed by atoms with Crippen LogP contribution in [0.3, 0.4) is 0 Å². The third-order valence-corrected chi connectivity index (χ3v) is 4.04. The molecule has 0 fully saturated rings. The van der Waals surface area contributed by atoms with Gasteiger partial charge in [-0.05, 0) is 61.9 Å². The lowest BCUT2D eigenvalue weighted by atomic mass is 9.87. The summed E-state index contributed by atoms with van der Waals surface area (Å²) in [5.41, 5.74) is 8.03. The molecule has 1 aliphatic rings. The van der Waals surface area contributed by atoms with E-state index in [1.54, 1.807) is 0 Å². The van der Waals surface area contributed by atoms with Gasteiger partial charge in [0.05, 0.1) is 0 Å². The molecule has 1 aromatic rings. The Morgan fingerprint density at radius 2 is 2.29 bits per heavy atom. The molecule has 1 aliphatic carbocycles. The number of carbonyl (C=O) groups is 1. The smallest absolute Gasteiger partial charge is 0.258 e. The van der Waals surface area contributed by atoms with Crippen LogP contribution < -0.4 is 15.8 Å². The minimum atomic E-state index is -0.541. The number of benzene rings is 1. The maximum absolute atomic E-state index is 11.3. The van der Waals surface area contributed by atoms with Crippen molar-refractivity contribution in [2.45, 2.75) is 58.1 Å². The van der Waals surface area contributed by atoms with Crippen LogP contribution in [0.4, 0.5) is 0 Å². The first-order valence-electron chi connectivity index (χ1n) is 7.97. The van der Waals surface area contributed by atoms with Gasteiger partial charge in [-0.25, -0.2) is 0 Å². The van der Waals surface area contributed by atoms with E-state index in [0.717, 1.165) is 25.1 Å². The lowest BCUT2D eigenvalue weighted by molar-refractivity contribution is -0.124. The van der Waals surface area contributed by atoms with E-state index in [2.05, 4.69) is 24.4 Å². The second-order valence-electron chi connectivity index (χ2n) is 5.68. The Morgan fingerprint density at radius 3 is 2.95 bits per heavy atom. The van der Waals surface area contributed by atoms with Gasteiger partial charge in [-0.1, -0.05) is 19.9 Å². The summed E-state index contributed by atoms with van der Waals surface area (Å²) in [7, 11) is 0. The molecule has 0 bridgehead atoms. The normalized spacial score (nSPS) is 18.9. The van der Waals surface area contributed by atoms with Crippen molar-refractivity contribution < 1.29 is 9.53 Å². The molecule has 0 radical (unpaired) electrons. The molecular formula is C17H26N2O2. The van der Waals surface area contributed by atoms with Crippen molar-refractivity contribution >= 4 is 5.91 Å². The lowest BCUT2D eigenvalue weighted by Crippen LogP contribution is -2.33. The lowest BCUT2D eigenvalue weighted by Gasteiger charge is -2.27. The highest BCUT2D eigenvalue weighted by molar-refractivity contribution is 5.79. The SMILES string of the molecule is CCCNC1CCCc2cc(OC(CC)C(N)=O)ccc21. The highest BCUT2D eigenvalue weighted by Crippen LogP contribution is 2.32. The summed E-state index contributed by atoms with van der Waals surface area (Å²) in [6, 6.07) is 6.60. The van der Waals surface area contributed by atoms with Crippen LogP contribution in [-0.4, -0.2) is 18.6 Å². The number of rotatable bonds is 7. The predicted octanol–water partition coefficient (Wildman–Crippen LogP) is 2.71. The van der Waals surface area contributed by atoms with Gasteiger partial charge in [0.1, 0.15) is 5.75 Å². The Hall–Kier alpha value is -1.55. The Balaban J connectivity index is 2.13. The quantitative estimate of drug-likeness (QED) is 0.811. The van der Waals surface area contributed by atoms with Crippen LogP contribution >= 0.6 is 0 Å². The van der Waals surface area contributed by atoms with Crippen LogP contribution in [0.1, 0.15) is 56.7 Å². The van der Waals surface area contributed by atoms with Gasteiger partial charge < -0.3 is 15.8 Å². The molecule has 4 nitrogen and oxygen atoms in total. The zero-order chi connectivity index (χ0) is 15.2. The average Bonchev–Trinajstić information content (AvgIpc) is 2.49. The van der Waals surface area contributed by atoms with Crippen molar-refractivity contribution in [1.82, 2.24) is 5.32 Å². The minimum Gasteiger partial charge on any atom is -0.481 e. The van der Waals surface area contributed by atoms with E-state index in [9.17, 15) is 4.79 Å². The summed E-state index contributed by atoms with van der Waals surface area (Å²) < 4.78 is 5.71. The fourth-order valence-corrected chi connectivity index (χ4v) is 2.90. The highest BCUT2D eigenvalue weighted by Gasteiger charge is 2.21. The van der Waals surface area contributed by atoms with Crippen molar-refractivity contribution in [2.75, 3.05) is 6.54 Å². The fraction of sp³-hybridized carbons (Fsp3) is 0.588. The number of nitrogens with one attached hydrogen (secondary N) is 1. The molecule has 0 heterocycles. The Labute approximate surface area is 127 Å². The van der Waals surface area contributed by atoms with Crippen LogP contribution in [-0.2, 0) is 11.2 Å². The average molecular weight is 290 g/mol. The Kier molecular flexibility index (Phi) is 5.62. The number of fused-ring (bicyclic) bond motifs is 1. The van der Waals surface area contributed by atoms with Crippen LogP contribution in [0, 0.1) is 0 Å². The molecule has 2 rings (SSSR count). The van der Waals surface area contributed by atoms with Gasteiger partial charge in [0.15, 0.2) is 6.10 Å². The number of amides is 1. The number of primary amides is 1. The second-order valence-corrected chi connectivity index (χ2v) is 5.68. The third-order valence-electron chi connectivity index (χ3n) is 4.04. The van der Waals surface area contributed by atoms with E-state index in [1.807, 2.05) is 13.0 Å². The molecule has 21 heavy (non-hydrogen) atoms. The van der Waals surface area contributed by atoms with Crippen molar-refractivity contribution in [1.29, 1.82) is 0 Å². The van der Waals surface area contributed by atoms with Gasteiger partial charge in [0.2, 0.25) is 0 Å². The zero-order valence-electron chi connectivity index (χ0n) is 13.0. The molecule has 0 saturated carbocycles. The van der Waals surface area contributed by atoms with Gasteiger partial charge in [0, 0.05) is 6.04 Å². The first-order valence-corrected chi connectivity index (χ1v) is 7.97. The van der Waals surface area contributed by atoms with Gasteiger partial charge in [-0.3, -0.25) is 4.79 Å². The van der Waals surface area contributed by atoms with Crippen LogP contribution in [0.15, 0.2) is 18.2 Å². The molecule has 0 aliphatic heterocycles. The standard InChI is InChI=1S/C17H26N2O2/c1-3-10-19-15-7-5-6-12-11-13(8-9-14(12)15)21-16(4-2)17(18)20/h8-9,11,15-16,19H,3-7,10H2,1-2H3,(H2,18,20). The molecule has 3 N–H and O–H groups in total. The number of carbonyl (C=O) groups excluding carboxylic acids is 1. The summed E-state index contributed by atoms with van der Waals surface area (Å²) in [5.74, 6) is 0.341. The Bertz CT molecular complexity index is 488. The summed E-state index contributed by atoms with van der Waals surface area (Å²) in [6.07, 6.45) is 4.64. The monoisotopic (exact) mass is 290 g/mol. The van der Waals surface area contributed by atoms with Crippen molar-refractivity contribution in [3.05, 3.63) is 29.3 Å². The number of ether oxygens (including phenoxy) is 1. The van der Waals surface area contributed by atoms with E-state index in [0.29, 0.717) is 12.5 Å². The summed E-state index contributed by atoms with van der Waals surface area (Å²) in [4.78, 5) is 11.3. The molecule has 0 aromatic heterocycles. The molecule has 2 atom stereocenters. The maximum atomic E-state index is 11.3. The van der Waals surface area contributed by atoms with E-state index in [-0.39, 0.29) is 0 Å². The summed E-state index contributed by atoms with van der Waals surface area (Å²) >= 11 is 0. The van der Waals surface area contributed by atoms with Gasteiger partial charge in [-0.2, -0.15) is 0 Å². The van der Waals surface area contributed by atoms with Crippen molar-refractivity contribution in [2.24, 2.45) is 5.73 Å². The molecule has 1 aromatic carbocycles. The number of nitrogens with two attached hydrogens (primary N) is 1. The number of aryl methyl sites for hydroxylation is 1. The first-order chi connectivity index (χ1) is 10.2. The van der Waals surface area contributed by atoms with Crippen LogP contribution in [0.25, 0.3) is 0 Å². The second kappa shape index (κ2) is 7.46. The van der Waals surface area contributed by atoms with E-state index < -0.39 is 12.0 Å².